The highest BCUT2D eigenvalue weighted by atomic mass is 16.4. The van der Waals surface area contributed by atoms with Crippen LogP contribution in [0.5, 0.6) is 0 Å². The van der Waals surface area contributed by atoms with Gasteiger partial charge in [-0.1, -0.05) is 18.2 Å². The third kappa shape index (κ3) is 3.23. The van der Waals surface area contributed by atoms with E-state index in [-0.39, 0.29) is 17.7 Å². The molecule has 0 aliphatic carbocycles. The summed E-state index contributed by atoms with van der Waals surface area (Å²) in [5.74, 6) is 0.00841. The van der Waals surface area contributed by atoms with Crippen LogP contribution in [0.25, 0.3) is 11.0 Å². The van der Waals surface area contributed by atoms with Crippen LogP contribution >= 0.6 is 0 Å². The lowest BCUT2D eigenvalue weighted by molar-refractivity contribution is 0.0934. The number of aryl methyl sites for hydroxylation is 1. The molecule has 1 atom stereocenters. The molecule has 124 valence electrons. The number of hydrogen-bond donors (Lipinski definition) is 2. The van der Waals surface area contributed by atoms with E-state index in [1.807, 2.05) is 24.3 Å². The van der Waals surface area contributed by atoms with E-state index in [1.165, 1.54) is 10.6 Å². The summed E-state index contributed by atoms with van der Waals surface area (Å²) in [5, 5.41) is 13.8. The van der Waals surface area contributed by atoms with Gasteiger partial charge in [-0.15, -0.1) is 0 Å². The molecule has 3 aromatic rings. The fraction of sp³-hybridized carbons (Fsp3) is 0.222. The maximum atomic E-state index is 12.0. The first-order valence-corrected chi connectivity index (χ1v) is 7.66. The molecule has 2 heterocycles. The van der Waals surface area contributed by atoms with Gasteiger partial charge in [-0.3, -0.25) is 9.59 Å². The van der Waals surface area contributed by atoms with Gasteiger partial charge in [-0.2, -0.15) is 0 Å². The Morgan fingerprint density at radius 2 is 2.08 bits per heavy atom. The van der Waals surface area contributed by atoms with Crippen molar-refractivity contribution in [1.82, 2.24) is 9.88 Å². The van der Waals surface area contributed by atoms with Gasteiger partial charge in [-0.05, 0) is 30.7 Å². The molecular formula is C18H18N2O4. The first kappa shape index (κ1) is 16.0. The van der Waals surface area contributed by atoms with E-state index in [9.17, 15) is 14.7 Å². The van der Waals surface area contributed by atoms with Crippen LogP contribution in [0.4, 0.5) is 0 Å². The molecule has 24 heavy (non-hydrogen) atoms. The Labute approximate surface area is 138 Å². The molecule has 0 aliphatic heterocycles. The smallest absolute Gasteiger partial charge is 0.263 e. The van der Waals surface area contributed by atoms with Crippen molar-refractivity contribution in [2.75, 3.05) is 6.54 Å². The van der Waals surface area contributed by atoms with Crippen molar-refractivity contribution in [2.24, 2.45) is 7.05 Å². The van der Waals surface area contributed by atoms with E-state index in [2.05, 4.69) is 5.32 Å². The number of pyridine rings is 1. The van der Waals surface area contributed by atoms with Gasteiger partial charge in [0.25, 0.3) is 11.5 Å². The summed E-state index contributed by atoms with van der Waals surface area (Å²) in [6, 6.07) is 12.4. The predicted molar refractivity (Wildman–Crippen MR) is 89.8 cm³/mol. The zero-order valence-corrected chi connectivity index (χ0v) is 13.2. The minimum absolute atomic E-state index is 0.0817. The average molecular weight is 326 g/mol. The van der Waals surface area contributed by atoms with Crippen LogP contribution in [-0.4, -0.2) is 22.1 Å². The van der Waals surface area contributed by atoms with E-state index in [4.69, 9.17) is 4.42 Å². The molecule has 6 nitrogen and oxygen atoms in total. The number of furan rings is 1. The maximum Gasteiger partial charge on any atom is 0.263 e. The normalized spacial score (nSPS) is 12.2. The predicted octanol–water partition coefficient (Wildman–Crippen LogP) is 1.98. The fourth-order valence-corrected chi connectivity index (χ4v) is 2.50. The number of aliphatic hydroxyl groups excluding tert-OH is 1. The van der Waals surface area contributed by atoms with Gasteiger partial charge < -0.3 is 19.4 Å². The van der Waals surface area contributed by atoms with Crippen LogP contribution in [0.1, 0.15) is 28.6 Å². The van der Waals surface area contributed by atoms with Crippen LogP contribution in [-0.2, 0) is 7.05 Å². The molecule has 0 spiro atoms. The Hall–Kier alpha value is -2.86. The summed E-state index contributed by atoms with van der Waals surface area (Å²) in [4.78, 5) is 23.9. The molecule has 6 heteroatoms. The molecule has 0 aliphatic rings. The quantitative estimate of drug-likeness (QED) is 0.751. The standard InChI is InChI=1S/C18H18N2O4/c1-20-10-4-6-13(18(20)23)17(22)19-9-8-14(21)16-11-12-5-2-3-7-15(12)24-16/h2-7,10-11,14,21H,8-9H2,1H3,(H,19,22). The van der Waals surface area contributed by atoms with Crippen molar-refractivity contribution in [3.8, 4) is 0 Å². The summed E-state index contributed by atoms with van der Waals surface area (Å²) in [6.07, 6.45) is 1.06. The number of nitrogens with one attached hydrogen (secondary N) is 1. The lowest BCUT2D eigenvalue weighted by Crippen LogP contribution is -2.32. The molecule has 0 saturated heterocycles. The highest BCUT2D eigenvalue weighted by molar-refractivity contribution is 5.93. The lowest BCUT2D eigenvalue weighted by Gasteiger charge is -2.09. The van der Waals surface area contributed by atoms with Crippen molar-refractivity contribution in [3.05, 3.63) is 70.3 Å². The van der Waals surface area contributed by atoms with Gasteiger partial charge in [0.15, 0.2) is 0 Å². The number of carbonyl (C=O) groups excluding carboxylic acids is 1. The van der Waals surface area contributed by atoms with E-state index < -0.39 is 12.0 Å². The molecule has 1 aromatic carbocycles. The van der Waals surface area contributed by atoms with Crippen molar-refractivity contribution in [2.45, 2.75) is 12.5 Å². The number of benzene rings is 1. The van der Waals surface area contributed by atoms with Gasteiger partial charge in [0.1, 0.15) is 23.0 Å². The number of aliphatic hydroxyl groups is 1. The third-order valence-corrected chi connectivity index (χ3v) is 3.84. The molecule has 1 amide bonds. The van der Waals surface area contributed by atoms with E-state index in [1.54, 1.807) is 25.4 Å². The third-order valence-electron chi connectivity index (χ3n) is 3.84. The van der Waals surface area contributed by atoms with Crippen molar-refractivity contribution in [3.63, 3.8) is 0 Å². The molecule has 0 bridgehead atoms. The second-order valence-corrected chi connectivity index (χ2v) is 5.58. The van der Waals surface area contributed by atoms with Crippen LogP contribution in [0, 0.1) is 0 Å². The number of hydrogen-bond acceptors (Lipinski definition) is 4. The summed E-state index contributed by atoms with van der Waals surface area (Å²) in [6.45, 7) is 0.231. The second-order valence-electron chi connectivity index (χ2n) is 5.58. The zero-order valence-electron chi connectivity index (χ0n) is 13.2. The van der Waals surface area contributed by atoms with Crippen molar-refractivity contribution in [1.29, 1.82) is 0 Å². The number of para-hydroxylation sites is 1. The first-order chi connectivity index (χ1) is 11.6. The highest BCUT2D eigenvalue weighted by Crippen LogP contribution is 2.25. The maximum absolute atomic E-state index is 12.0. The summed E-state index contributed by atoms with van der Waals surface area (Å²) >= 11 is 0. The number of carbonyl (C=O) groups is 1. The molecule has 2 aromatic heterocycles. The lowest BCUT2D eigenvalue weighted by atomic mass is 10.1. The molecular weight excluding hydrogens is 308 g/mol. The monoisotopic (exact) mass is 326 g/mol. The summed E-state index contributed by atoms with van der Waals surface area (Å²) in [7, 11) is 1.59. The Bertz CT molecular complexity index is 893. The Kier molecular flexibility index (Phi) is 4.48. The zero-order chi connectivity index (χ0) is 17.1. The van der Waals surface area contributed by atoms with Gasteiger partial charge in [0.2, 0.25) is 0 Å². The van der Waals surface area contributed by atoms with Gasteiger partial charge in [-0.25, -0.2) is 0 Å². The Morgan fingerprint density at radius 3 is 2.88 bits per heavy atom. The van der Waals surface area contributed by atoms with Crippen LogP contribution in [0.15, 0.2) is 57.9 Å². The SMILES string of the molecule is Cn1cccc(C(=O)NCCC(O)c2cc3ccccc3o2)c1=O. The highest BCUT2D eigenvalue weighted by Gasteiger charge is 2.15. The average Bonchev–Trinajstić information content (AvgIpc) is 3.01. The number of amides is 1. The minimum Gasteiger partial charge on any atom is -0.458 e. The molecule has 3 rings (SSSR count). The summed E-state index contributed by atoms with van der Waals surface area (Å²) in [5.41, 5.74) is 0.439. The number of fused-ring (bicyclic) bond motifs is 1. The molecule has 0 saturated carbocycles. The molecule has 1 unspecified atom stereocenters. The van der Waals surface area contributed by atoms with Crippen LogP contribution in [0.3, 0.4) is 0 Å². The summed E-state index contributed by atoms with van der Waals surface area (Å²) < 4.78 is 6.94. The minimum atomic E-state index is -0.823. The fourth-order valence-electron chi connectivity index (χ4n) is 2.50. The van der Waals surface area contributed by atoms with Crippen molar-refractivity contribution < 1.29 is 14.3 Å². The van der Waals surface area contributed by atoms with Gasteiger partial charge >= 0.3 is 0 Å². The van der Waals surface area contributed by atoms with Crippen LogP contribution < -0.4 is 10.9 Å². The molecule has 2 N–H and O–H groups in total. The number of rotatable bonds is 5. The van der Waals surface area contributed by atoms with E-state index in [0.717, 1.165) is 5.39 Å². The topological polar surface area (TPSA) is 84.5 Å². The molecule has 0 fully saturated rings. The largest absolute Gasteiger partial charge is 0.458 e. The Balaban J connectivity index is 1.60. The number of nitrogens with zero attached hydrogens (tertiary/aromatic N) is 1. The van der Waals surface area contributed by atoms with Crippen LogP contribution in [0.2, 0.25) is 0 Å². The second kappa shape index (κ2) is 6.72. The van der Waals surface area contributed by atoms with E-state index >= 15 is 0 Å². The van der Waals surface area contributed by atoms with Gasteiger partial charge in [0, 0.05) is 25.2 Å². The van der Waals surface area contributed by atoms with Crippen molar-refractivity contribution >= 4 is 16.9 Å². The Morgan fingerprint density at radius 1 is 1.29 bits per heavy atom. The first-order valence-electron chi connectivity index (χ1n) is 7.66. The number of aromatic nitrogens is 1. The molecule has 0 radical (unpaired) electrons. The van der Waals surface area contributed by atoms with E-state index in [0.29, 0.717) is 17.8 Å². The van der Waals surface area contributed by atoms with Gasteiger partial charge in [0.05, 0.1) is 0 Å².